The Morgan fingerprint density at radius 3 is 2.60 bits per heavy atom. The van der Waals surface area contributed by atoms with Crippen LogP contribution in [0.5, 0.6) is 0 Å². The molecule has 0 fully saturated rings. The third-order valence-electron chi connectivity index (χ3n) is 4.14. The SMILES string of the molecule is O=[N+]([O-])c1ccc(-n2nc(-c3ccc(Cl)cc3Cl)c3c2NCC3)cc1. The molecular formula is C17H12Cl2N4O2. The summed E-state index contributed by atoms with van der Waals surface area (Å²) in [6, 6.07) is 11.6. The molecule has 0 saturated carbocycles. The van der Waals surface area contributed by atoms with Crippen molar-refractivity contribution in [3.05, 3.63) is 68.2 Å². The third-order valence-corrected chi connectivity index (χ3v) is 4.69. The molecule has 0 spiro atoms. The Hall–Kier alpha value is -2.57. The summed E-state index contributed by atoms with van der Waals surface area (Å²) < 4.78 is 1.76. The van der Waals surface area contributed by atoms with Crippen LogP contribution in [0.15, 0.2) is 42.5 Å². The first kappa shape index (κ1) is 15.9. The van der Waals surface area contributed by atoms with Crippen LogP contribution in [0.2, 0.25) is 10.0 Å². The lowest BCUT2D eigenvalue weighted by Gasteiger charge is -2.06. The molecule has 0 aliphatic carbocycles. The molecule has 4 rings (SSSR count). The van der Waals surface area contributed by atoms with Crippen molar-refractivity contribution in [1.82, 2.24) is 9.78 Å². The number of hydrogen-bond donors (Lipinski definition) is 1. The predicted octanol–water partition coefficient (Wildman–Crippen LogP) is 4.72. The van der Waals surface area contributed by atoms with Gasteiger partial charge in [0.1, 0.15) is 5.82 Å². The van der Waals surface area contributed by atoms with Gasteiger partial charge in [-0.2, -0.15) is 5.10 Å². The minimum absolute atomic E-state index is 0.0430. The number of halogens is 2. The van der Waals surface area contributed by atoms with E-state index in [1.807, 2.05) is 6.07 Å². The Balaban J connectivity index is 1.84. The van der Waals surface area contributed by atoms with Crippen molar-refractivity contribution in [3.63, 3.8) is 0 Å². The lowest BCUT2D eigenvalue weighted by atomic mass is 10.1. The summed E-state index contributed by atoms with van der Waals surface area (Å²) >= 11 is 12.3. The van der Waals surface area contributed by atoms with Gasteiger partial charge in [-0.3, -0.25) is 10.1 Å². The Kier molecular flexibility index (Phi) is 3.86. The van der Waals surface area contributed by atoms with Crippen molar-refractivity contribution in [2.75, 3.05) is 11.9 Å². The zero-order valence-electron chi connectivity index (χ0n) is 12.9. The molecular weight excluding hydrogens is 363 g/mol. The number of aromatic nitrogens is 2. The Morgan fingerprint density at radius 2 is 1.92 bits per heavy atom. The van der Waals surface area contributed by atoms with Crippen molar-refractivity contribution in [2.45, 2.75) is 6.42 Å². The van der Waals surface area contributed by atoms with Gasteiger partial charge in [0.15, 0.2) is 0 Å². The highest BCUT2D eigenvalue weighted by molar-refractivity contribution is 6.36. The largest absolute Gasteiger partial charge is 0.369 e. The van der Waals surface area contributed by atoms with E-state index in [0.717, 1.165) is 41.3 Å². The standard InChI is InChI=1S/C17H12Cl2N4O2/c18-10-1-6-13(15(19)9-10)16-14-7-8-20-17(14)22(21-16)11-2-4-12(5-3-11)23(24)25/h1-6,9,20H,7-8H2. The minimum atomic E-state index is -0.422. The van der Waals surface area contributed by atoms with Crippen LogP contribution < -0.4 is 5.32 Å². The summed E-state index contributed by atoms with van der Waals surface area (Å²) in [4.78, 5) is 10.4. The number of nitro groups is 1. The number of anilines is 1. The number of non-ortho nitro benzene ring substituents is 1. The van der Waals surface area contributed by atoms with Crippen LogP contribution in [-0.4, -0.2) is 21.2 Å². The molecule has 0 unspecified atom stereocenters. The molecule has 126 valence electrons. The maximum Gasteiger partial charge on any atom is 0.269 e. The number of nitro benzene ring substituents is 1. The number of hydrogen-bond acceptors (Lipinski definition) is 4. The number of rotatable bonds is 3. The average Bonchev–Trinajstić information content (AvgIpc) is 3.18. The van der Waals surface area contributed by atoms with Gasteiger partial charge >= 0.3 is 0 Å². The molecule has 1 aliphatic heterocycles. The molecule has 0 atom stereocenters. The average molecular weight is 375 g/mol. The first-order valence-electron chi connectivity index (χ1n) is 7.60. The number of nitrogens with zero attached hydrogens (tertiary/aromatic N) is 3. The van der Waals surface area contributed by atoms with E-state index < -0.39 is 4.92 Å². The highest BCUT2D eigenvalue weighted by Crippen LogP contribution is 2.38. The highest BCUT2D eigenvalue weighted by Gasteiger charge is 2.25. The van der Waals surface area contributed by atoms with Crippen molar-refractivity contribution in [1.29, 1.82) is 0 Å². The first-order valence-corrected chi connectivity index (χ1v) is 8.36. The molecule has 25 heavy (non-hydrogen) atoms. The molecule has 6 nitrogen and oxygen atoms in total. The molecule has 0 amide bonds. The lowest BCUT2D eigenvalue weighted by Crippen LogP contribution is -2.04. The van der Waals surface area contributed by atoms with Crippen LogP contribution in [0.4, 0.5) is 11.5 Å². The maximum absolute atomic E-state index is 10.8. The second kappa shape index (κ2) is 6.06. The molecule has 8 heteroatoms. The lowest BCUT2D eigenvalue weighted by molar-refractivity contribution is -0.384. The monoisotopic (exact) mass is 374 g/mol. The fraction of sp³-hybridized carbons (Fsp3) is 0.118. The van der Waals surface area contributed by atoms with Crippen LogP contribution >= 0.6 is 23.2 Å². The molecule has 1 N–H and O–H groups in total. The number of benzene rings is 2. The molecule has 3 aromatic rings. The Labute approximate surface area is 153 Å². The highest BCUT2D eigenvalue weighted by atomic mass is 35.5. The molecule has 1 aromatic heterocycles. The molecule has 1 aliphatic rings. The van der Waals surface area contributed by atoms with Gasteiger partial charge in [0.25, 0.3) is 5.69 Å². The van der Waals surface area contributed by atoms with E-state index in [2.05, 4.69) is 5.32 Å². The normalized spacial score (nSPS) is 12.7. The van der Waals surface area contributed by atoms with Gasteiger partial charge in [0.2, 0.25) is 0 Å². The first-order chi connectivity index (χ1) is 12.0. The van der Waals surface area contributed by atoms with Crippen LogP contribution in [0.25, 0.3) is 16.9 Å². The van der Waals surface area contributed by atoms with E-state index in [4.69, 9.17) is 28.3 Å². The van der Waals surface area contributed by atoms with Crippen molar-refractivity contribution < 1.29 is 4.92 Å². The van der Waals surface area contributed by atoms with Gasteiger partial charge in [0.05, 0.1) is 21.3 Å². The van der Waals surface area contributed by atoms with Gasteiger partial charge in [-0.25, -0.2) is 4.68 Å². The molecule has 0 radical (unpaired) electrons. The number of fused-ring (bicyclic) bond motifs is 1. The minimum Gasteiger partial charge on any atom is -0.369 e. The topological polar surface area (TPSA) is 73.0 Å². The van der Waals surface area contributed by atoms with Crippen molar-refractivity contribution in [2.24, 2.45) is 0 Å². The summed E-state index contributed by atoms with van der Waals surface area (Å²) in [5.41, 5.74) is 3.46. The molecule has 2 heterocycles. The summed E-state index contributed by atoms with van der Waals surface area (Å²) in [5, 5.41) is 20.0. The van der Waals surface area contributed by atoms with Crippen molar-refractivity contribution >= 4 is 34.7 Å². The summed E-state index contributed by atoms with van der Waals surface area (Å²) in [7, 11) is 0. The van der Waals surface area contributed by atoms with Crippen molar-refractivity contribution in [3.8, 4) is 16.9 Å². The van der Waals surface area contributed by atoms with E-state index >= 15 is 0 Å². The van der Waals surface area contributed by atoms with Gasteiger partial charge < -0.3 is 5.32 Å². The van der Waals surface area contributed by atoms with Gasteiger partial charge in [-0.1, -0.05) is 23.2 Å². The summed E-state index contributed by atoms with van der Waals surface area (Å²) in [6.45, 7) is 0.804. The van der Waals surface area contributed by atoms with Crippen LogP contribution in [0, 0.1) is 10.1 Å². The second-order valence-electron chi connectivity index (χ2n) is 5.66. The van der Waals surface area contributed by atoms with Crippen LogP contribution in [-0.2, 0) is 6.42 Å². The molecule has 2 aromatic carbocycles. The zero-order valence-corrected chi connectivity index (χ0v) is 14.4. The Morgan fingerprint density at radius 1 is 1.16 bits per heavy atom. The van der Waals surface area contributed by atoms with Crippen LogP contribution in [0.3, 0.4) is 0 Å². The van der Waals surface area contributed by atoms with Gasteiger partial charge in [-0.05, 0) is 36.8 Å². The van der Waals surface area contributed by atoms with Crippen LogP contribution in [0.1, 0.15) is 5.56 Å². The molecule has 0 bridgehead atoms. The summed E-state index contributed by atoms with van der Waals surface area (Å²) in [5.74, 6) is 0.884. The third kappa shape index (κ3) is 2.73. The zero-order chi connectivity index (χ0) is 17.6. The van der Waals surface area contributed by atoms with E-state index in [0.29, 0.717) is 10.0 Å². The van der Waals surface area contributed by atoms with Gasteiger partial charge in [0, 0.05) is 34.8 Å². The maximum atomic E-state index is 10.8. The van der Waals surface area contributed by atoms with E-state index in [-0.39, 0.29) is 5.69 Å². The summed E-state index contributed by atoms with van der Waals surface area (Å²) in [6.07, 6.45) is 0.830. The van der Waals surface area contributed by atoms with E-state index in [1.54, 1.807) is 28.9 Å². The predicted molar refractivity (Wildman–Crippen MR) is 97.9 cm³/mol. The fourth-order valence-corrected chi connectivity index (χ4v) is 3.47. The Bertz CT molecular complexity index is 983. The van der Waals surface area contributed by atoms with E-state index in [9.17, 15) is 10.1 Å². The van der Waals surface area contributed by atoms with Gasteiger partial charge in [-0.15, -0.1) is 0 Å². The number of nitrogens with one attached hydrogen (secondary N) is 1. The second-order valence-corrected chi connectivity index (χ2v) is 6.51. The van der Waals surface area contributed by atoms with E-state index in [1.165, 1.54) is 12.1 Å². The molecule has 0 saturated heterocycles. The quantitative estimate of drug-likeness (QED) is 0.531. The smallest absolute Gasteiger partial charge is 0.269 e. The fourth-order valence-electron chi connectivity index (χ4n) is 2.97.